The number of nitrogens with one attached hydrogen (secondary N) is 1. The number of likely N-dealkylation sites (tertiary alicyclic amines) is 1. The second kappa shape index (κ2) is 9.47. The lowest BCUT2D eigenvalue weighted by atomic mass is 9.81. The smallest absolute Gasteiger partial charge is 0.372 e. The van der Waals surface area contributed by atoms with Gasteiger partial charge in [-0.15, -0.1) is 0 Å². The van der Waals surface area contributed by atoms with E-state index in [1.54, 1.807) is 19.9 Å². The molecular weight excluding hydrogens is 429 g/mol. The van der Waals surface area contributed by atoms with Crippen LogP contribution in [0, 0.1) is 6.92 Å². The first-order chi connectivity index (χ1) is 15.7. The first kappa shape index (κ1) is 23.8. The highest BCUT2D eigenvalue weighted by Crippen LogP contribution is 2.36. The van der Waals surface area contributed by atoms with Gasteiger partial charge < -0.3 is 15.0 Å². The summed E-state index contributed by atoms with van der Waals surface area (Å²) in [5.41, 5.74) is 1.05. The fraction of sp³-hybridized carbons (Fsp3) is 0.500. The molecule has 0 aromatic heterocycles. The molecule has 2 aliphatic heterocycles. The summed E-state index contributed by atoms with van der Waals surface area (Å²) >= 11 is 0. The van der Waals surface area contributed by atoms with Crippen LogP contribution in [0.25, 0.3) is 0 Å². The van der Waals surface area contributed by atoms with Crippen LogP contribution in [0.15, 0.2) is 48.5 Å². The number of rotatable bonds is 6. The molecular formula is C26H31F3N2O2. The summed E-state index contributed by atoms with van der Waals surface area (Å²) in [6.07, 6.45) is -1.72. The number of piperidine rings is 1. The minimum Gasteiger partial charge on any atom is -0.372 e. The second-order valence-corrected chi connectivity index (χ2v) is 9.30. The maximum atomic E-state index is 13.3. The zero-order valence-electron chi connectivity index (χ0n) is 19.1. The minimum absolute atomic E-state index is 0.167. The van der Waals surface area contributed by atoms with Gasteiger partial charge in [0.2, 0.25) is 5.91 Å². The van der Waals surface area contributed by atoms with Gasteiger partial charge in [0, 0.05) is 25.6 Å². The highest BCUT2D eigenvalue weighted by atomic mass is 19.4. The zero-order valence-corrected chi connectivity index (χ0v) is 19.1. The quantitative estimate of drug-likeness (QED) is 0.631. The van der Waals surface area contributed by atoms with Gasteiger partial charge in [-0.3, -0.25) is 4.79 Å². The van der Waals surface area contributed by atoms with Gasteiger partial charge in [0.05, 0.1) is 23.8 Å². The average Bonchev–Trinajstić information content (AvgIpc) is 3.23. The zero-order chi connectivity index (χ0) is 23.6. The molecule has 3 atom stereocenters. The maximum Gasteiger partial charge on any atom is 0.416 e. The summed E-state index contributed by atoms with van der Waals surface area (Å²) < 4.78 is 46.1. The molecule has 0 unspecified atom stereocenters. The van der Waals surface area contributed by atoms with Gasteiger partial charge in [0.15, 0.2) is 0 Å². The number of alkyl halides is 3. The molecule has 178 valence electrons. The Morgan fingerprint density at radius 3 is 2.58 bits per heavy atom. The van der Waals surface area contributed by atoms with Crippen LogP contribution in [0.4, 0.5) is 13.2 Å². The number of nitrogens with zero attached hydrogens (tertiary/aromatic N) is 1. The van der Waals surface area contributed by atoms with Crippen molar-refractivity contribution < 1.29 is 22.7 Å². The van der Waals surface area contributed by atoms with Gasteiger partial charge in [-0.05, 0) is 56.4 Å². The molecule has 4 rings (SSSR count). The molecule has 33 heavy (non-hydrogen) atoms. The molecule has 0 bridgehead atoms. The van der Waals surface area contributed by atoms with Crippen molar-refractivity contribution in [2.24, 2.45) is 0 Å². The van der Waals surface area contributed by atoms with E-state index in [-0.39, 0.29) is 11.9 Å². The van der Waals surface area contributed by atoms with E-state index >= 15 is 0 Å². The molecule has 1 N–H and O–H groups in total. The van der Waals surface area contributed by atoms with Gasteiger partial charge >= 0.3 is 6.18 Å². The molecule has 0 radical (unpaired) electrons. The number of halogens is 3. The monoisotopic (exact) mass is 460 g/mol. The largest absolute Gasteiger partial charge is 0.416 e. The van der Waals surface area contributed by atoms with Crippen LogP contribution in [0.3, 0.4) is 0 Å². The third-order valence-corrected chi connectivity index (χ3v) is 6.93. The van der Waals surface area contributed by atoms with Crippen LogP contribution in [0.1, 0.15) is 61.0 Å². The Kier molecular flexibility index (Phi) is 6.82. The molecule has 2 heterocycles. The molecule has 2 aromatic carbocycles. The van der Waals surface area contributed by atoms with E-state index in [1.165, 1.54) is 6.07 Å². The van der Waals surface area contributed by atoms with E-state index in [9.17, 15) is 18.0 Å². The Balaban J connectivity index is 1.51. The van der Waals surface area contributed by atoms with Crippen LogP contribution in [-0.4, -0.2) is 36.5 Å². The van der Waals surface area contributed by atoms with Crippen LogP contribution >= 0.6 is 0 Å². The normalized spacial score (nSPS) is 24.8. The standard InChI is InChI=1S/C26H31F3N2O2/c1-18-13-20(15-22(14-18)26(27,28)29)19(2)33-17-25(21-7-4-3-5-8-21)11-10-23(16-30-25)31-12-6-9-24(31)32/h3-5,7-8,13-15,19,23,30H,6,9-12,16-17H2,1-2H3/t19-,23+,25-/m1/s1. The molecule has 0 spiro atoms. The predicted octanol–water partition coefficient (Wildman–Crippen LogP) is 5.36. The van der Waals surface area contributed by atoms with E-state index in [2.05, 4.69) is 17.4 Å². The number of hydrogen-bond donors (Lipinski definition) is 1. The number of benzene rings is 2. The number of aryl methyl sites for hydroxylation is 1. The SMILES string of the molecule is Cc1cc([C@@H](C)OC[C@@]2(c3ccccc3)CC[C@H](N3CCCC3=O)CN2)cc(C(F)(F)F)c1. The molecule has 2 aromatic rings. The summed E-state index contributed by atoms with van der Waals surface area (Å²) in [5.74, 6) is 0.221. The lowest BCUT2D eigenvalue weighted by Gasteiger charge is -2.44. The Labute approximate surface area is 193 Å². The van der Waals surface area contributed by atoms with Gasteiger partial charge in [0.1, 0.15) is 0 Å². The van der Waals surface area contributed by atoms with Crippen LogP contribution in [0.2, 0.25) is 0 Å². The highest BCUT2D eigenvalue weighted by Gasteiger charge is 2.40. The molecule has 2 saturated heterocycles. The topological polar surface area (TPSA) is 41.6 Å². The molecule has 4 nitrogen and oxygen atoms in total. The summed E-state index contributed by atoms with van der Waals surface area (Å²) in [5, 5.41) is 3.65. The summed E-state index contributed by atoms with van der Waals surface area (Å²) in [6.45, 7) is 5.27. The first-order valence-electron chi connectivity index (χ1n) is 11.6. The highest BCUT2D eigenvalue weighted by molar-refractivity contribution is 5.78. The van der Waals surface area contributed by atoms with Crippen molar-refractivity contribution >= 4 is 5.91 Å². The molecule has 7 heteroatoms. The Morgan fingerprint density at radius 1 is 1.21 bits per heavy atom. The van der Waals surface area contributed by atoms with Gasteiger partial charge in [-0.1, -0.05) is 42.0 Å². The van der Waals surface area contributed by atoms with E-state index < -0.39 is 23.4 Å². The van der Waals surface area contributed by atoms with Crippen LogP contribution < -0.4 is 5.32 Å². The van der Waals surface area contributed by atoms with E-state index in [0.717, 1.165) is 37.4 Å². The molecule has 1 amide bonds. The van der Waals surface area contributed by atoms with Crippen molar-refractivity contribution in [2.75, 3.05) is 19.7 Å². The third-order valence-electron chi connectivity index (χ3n) is 6.93. The van der Waals surface area contributed by atoms with E-state index in [4.69, 9.17) is 4.74 Å². The molecule has 0 saturated carbocycles. The maximum absolute atomic E-state index is 13.3. The van der Waals surface area contributed by atoms with E-state index in [1.807, 2.05) is 23.1 Å². The number of amides is 1. The number of hydrogen-bond acceptors (Lipinski definition) is 3. The molecule has 0 aliphatic carbocycles. The fourth-order valence-corrected chi connectivity index (χ4v) is 5.02. The Morgan fingerprint density at radius 2 is 1.97 bits per heavy atom. The van der Waals surface area contributed by atoms with Crippen molar-refractivity contribution in [2.45, 2.75) is 63.4 Å². The van der Waals surface area contributed by atoms with Crippen LogP contribution in [-0.2, 0) is 21.2 Å². The molecule has 2 aliphatic rings. The van der Waals surface area contributed by atoms with Crippen molar-refractivity contribution in [3.8, 4) is 0 Å². The third kappa shape index (κ3) is 5.25. The summed E-state index contributed by atoms with van der Waals surface area (Å²) in [7, 11) is 0. The van der Waals surface area contributed by atoms with E-state index in [0.29, 0.717) is 30.7 Å². The first-order valence-corrected chi connectivity index (χ1v) is 11.6. The van der Waals surface area contributed by atoms with Crippen molar-refractivity contribution in [3.63, 3.8) is 0 Å². The number of carbonyl (C=O) groups excluding carboxylic acids is 1. The molecule has 2 fully saturated rings. The second-order valence-electron chi connectivity index (χ2n) is 9.30. The lowest BCUT2D eigenvalue weighted by molar-refractivity contribution is -0.137. The van der Waals surface area contributed by atoms with Crippen molar-refractivity contribution in [1.82, 2.24) is 10.2 Å². The Bertz CT molecular complexity index is 969. The predicted molar refractivity (Wildman–Crippen MR) is 121 cm³/mol. The van der Waals surface area contributed by atoms with Crippen molar-refractivity contribution in [1.29, 1.82) is 0 Å². The van der Waals surface area contributed by atoms with Gasteiger partial charge in [0.25, 0.3) is 0 Å². The Hall–Kier alpha value is -2.38. The number of carbonyl (C=O) groups is 1. The minimum atomic E-state index is -4.39. The fourth-order valence-electron chi connectivity index (χ4n) is 5.02. The lowest BCUT2D eigenvalue weighted by Crippen LogP contribution is -2.57. The summed E-state index contributed by atoms with van der Waals surface area (Å²) in [6, 6.07) is 14.3. The van der Waals surface area contributed by atoms with Crippen molar-refractivity contribution in [3.05, 3.63) is 70.8 Å². The summed E-state index contributed by atoms with van der Waals surface area (Å²) in [4.78, 5) is 14.2. The van der Waals surface area contributed by atoms with Gasteiger partial charge in [-0.25, -0.2) is 0 Å². The van der Waals surface area contributed by atoms with Crippen LogP contribution in [0.5, 0.6) is 0 Å². The average molecular weight is 461 g/mol. The number of ether oxygens (including phenoxy) is 1. The van der Waals surface area contributed by atoms with Gasteiger partial charge in [-0.2, -0.15) is 13.2 Å².